The van der Waals surface area contributed by atoms with Gasteiger partial charge in [0.15, 0.2) is 0 Å². The Morgan fingerprint density at radius 3 is 2.63 bits per heavy atom. The molecule has 0 saturated heterocycles. The minimum absolute atomic E-state index is 0.00449. The van der Waals surface area contributed by atoms with Crippen LogP contribution in [0.1, 0.15) is 5.56 Å². The van der Waals surface area contributed by atoms with Gasteiger partial charge in [0, 0.05) is 16.2 Å². The van der Waals surface area contributed by atoms with Crippen molar-refractivity contribution < 1.29 is 13.0 Å². The van der Waals surface area contributed by atoms with E-state index in [1.807, 2.05) is 13.0 Å². The number of hydrogen-bond acceptors (Lipinski definition) is 5. The Bertz CT molecular complexity index is 1490. The quantitative estimate of drug-likeness (QED) is 0.272. The van der Waals surface area contributed by atoms with Gasteiger partial charge < -0.3 is 5.73 Å². The van der Waals surface area contributed by atoms with E-state index in [2.05, 4.69) is 27.5 Å². The van der Waals surface area contributed by atoms with Crippen molar-refractivity contribution in [2.75, 3.05) is 5.73 Å². The van der Waals surface area contributed by atoms with E-state index >= 15 is 0 Å². The topological polar surface area (TPSA) is 98.4 Å². The highest BCUT2D eigenvalue weighted by Gasteiger charge is 2.29. The number of fused-ring (bicyclic) bond motifs is 2. The molecule has 0 aliphatic heterocycles. The number of nitrogen functional groups attached to an aromatic ring is 1. The number of anilines is 1. The van der Waals surface area contributed by atoms with Gasteiger partial charge in [0.1, 0.15) is 10.3 Å². The third kappa shape index (κ3) is 3.10. The van der Waals surface area contributed by atoms with Crippen molar-refractivity contribution in [1.82, 2.24) is 9.38 Å². The molecule has 1 aromatic carbocycles. The zero-order valence-electron chi connectivity index (χ0n) is 16.0. The number of allylic oxidation sites excluding steroid dienone is 1. The van der Waals surface area contributed by atoms with Gasteiger partial charge in [-0.05, 0) is 43.3 Å². The maximum absolute atomic E-state index is 13.3. The van der Waals surface area contributed by atoms with Crippen LogP contribution in [-0.4, -0.2) is 17.8 Å². The number of nitrogens with zero attached hydrogens (tertiary/aromatic N) is 3. The van der Waals surface area contributed by atoms with Gasteiger partial charge in [-0.2, -0.15) is 0 Å². The number of benzene rings is 1. The van der Waals surface area contributed by atoms with Crippen molar-refractivity contribution in [2.45, 2.75) is 23.3 Å². The molecule has 0 saturated carbocycles. The molecule has 2 N–H and O–H groups in total. The molecule has 0 amide bonds. The zero-order valence-corrected chi connectivity index (χ0v) is 18.4. The number of hydrogen-bond donors (Lipinski definition) is 1. The second kappa shape index (κ2) is 7.33. The number of rotatable bonds is 4. The molecule has 0 aliphatic carbocycles. The molecule has 4 rings (SSSR count). The lowest BCUT2D eigenvalue weighted by molar-refractivity contribution is -0.649. The van der Waals surface area contributed by atoms with Gasteiger partial charge in [-0.25, -0.2) is 13.0 Å². The lowest BCUT2D eigenvalue weighted by Gasteiger charge is -2.12. The molecule has 0 aliphatic rings. The smallest absolute Gasteiger partial charge is 0.278 e. The standard InChI is InChI=1S/C21H17BrN4O3S/c1-3-10-25-18(23)17(30(28,29)15-8-6-14(22)7-9-15)12-16-20(25)24-19-13(2)5-4-11-26(19)21(16)27/h3-9,11-12,23H,1,10H2,2H3/p+1. The van der Waals surface area contributed by atoms with E-state index in [0.717, 1.165) is 10.0 Å². The number of aromatic nitrogens is 3. The Morgan fingerprint density at radius 1 is 1.27 bits per heavy atom. The fourth-order valence-electron chi connectivity index (χ4n) is 3.35. The van der Waals surface area contributed by atoms with Crippen LogP contribution in [0.2, 0.25) is 0 Å². The summed E-state index contributed by atoms with van der Waals surface area (Å²) in [5, 5.41) is 0.157. The van der Waals surface area contributed by atoms with Gasteiger partial charge in [-0.1, -0.05) is 39.6 Å². The van der Waals surface area contributed by atoms with Crippen LogP contribution < -0.4 is 15.9 Å². The highest BCUT2D eigenvalue weighted by Crippen LogP contribution is 2.27. The van der Waals surface area contributed by atoms with Gasteiger partial charge in [0.25, 0.3) is 11.2 Å². The highest BCUT2D eigenvalue weighted by atomic mass is 79.9. The van der Waals surface area contributed by atoms with Crippen molar-refractivity contribution in [3.8, 4) is 0 Å². The van der Waals surface area contributed by atoms with Crippen LogP contribution >= 0.6 is 15.9 Å². The number of pyridine rings is 2. The summed E-state index contributed by atoms with van der Waals surface area (Å²) < 4.78 is 30.3. The summed E-state index contributed by atoms with van der Waals surface area (Å²) in [6, 6.07) is 11.1. The molecule has 4 aromatic rings. The molecule has 3 heterocycles. The van der Waals surface area contributed by atoms with E-state index in [-0.39, 0.29) is 33.1 Å². The first-order chi connectivity index (χ1) is 14.3. The molecule has 30 heavy (non-hydrogen) atoms. The predicted molar refractivity (Wildman–Crippen MR) is 118 cm³/mol. The number of aryl methyl sites for hydroxylation is 1. The predicted octanol–water partition coefficient (Wildman–Crippen LogP) is 2.81. The molecule has 0 radical (unpaired) electrons. The lowest BCUT2D eigenvalue weighted by atomic mass is 10.2. The van der Waals surface area contributed by atoms with E-state index in [1.54, 1.807) is 30.5 Å². The van der Waals surface area contributed by atoms with E-state index in [9.17, 15) is 13.2 Å². The second-order valence-electron chi connectivity index (χ2n) is 6.79. The maximum Gasteiger partial charge on any atom is 0.278 e. The summed E-state index contributed by atoms with van der Waals surface area (Å²) in [6.07, 6.45) is 3.18. The Morgan fingerprint density at radius 2 is 1.97 bits per heavy atom. The first-order valence-electron chi connectivity index (χ1n) is 9.01. The maximum atomic E-state index is 13.3. The molecular weight excluding hydrogens is 468 g/mol. The molecule has 3 aromatic heterocycles. The van der Waals surface area contributed by atoms with Crippen molar-refractivity contribution in [3.63, 3.8) is 0 Å². The largest absolute Gasteiger partial charge is 0.317 e. The van der Waals surface area contributed by atoms with Gasteiger partial charge in [0.05, 0.1) is 11.4 Å². The third-order valence-electron chi connectivity index (χ3n) is 4.86. The zero-order chi connectivity index (χ0) is 21.6. The van der Waals surface area contributed by atoms with E-state index in [4.69, 9.17) is 5.73 Å². The van der Waals surface area contributed by atoms with Crippen LogP contribution in [-0.2, 0) is 16.4 Å². The van der Waals surface area contributed by atoms with Crippen LogP contribution in [0.25, 0.3) is 16.7 Å². The molecule has 9 heteroatoms. The Balaban J connectivity index is 2.14. The van der Waals surface area contributed by atoms with Crippen LogP contribution in [0.15, 0.2) is 80.4 Å². The average Bonchev–Trinajstić information content (AvgIpc) is 2.71. The lowest BCUT2D eigenvalue weighted by Crippen LogP contribution is -2.41. The molecule has 7 nitrogen and oxygen atoms in total. The van der Waals surface area contributed by atoms with Gasteiger partial charge in [-0.15, -0.1) is 0 Å². The molecule has 152 valence electrons. The Kier molecular flexibility index (Phi) is 4.95. The summed E-state index contributed by atoms with van der Waals surface area (Å²) >= 11 is 3.30. The fourth-order valence-corrected chi connectivity index (χ4v) is 5.03. The van der Waals surface area contributed by atoms with Crippen molar-refractivity contribution in [3.05, 3.63) is 81.7 Å². The number of nitrogens with two attached hydrogens (primary N) is 1. The third-order valence-corrected chi connectivity index (χ3v) is 7.19. The molecule has 0 fully saturated rings. The van der Waals surface area contributed by atoms with Crippen LogP contribution in [0.5, 0.6) is 0 Å². The van der Waals surface area contributed by atoms with E-state index in [0.29, 0.717) is 11.3 Å². The summed E-state index contributed by atoms with van der Waals surface area (Å²) in [5.74, 6) is -0.00449. The van der Waals surface area contributed by atoms with Crippen LogP contribution in [0.4, 0.5) is 5.82 Å². The van der Waals surface area contributed by atoms with Gasteiger partial charge in [-0.3, -0.25) is 9.20 Å². The van der Waals surface area contributed by atoms with Crippen LogP contribution in [0.3, 0.4) is 0 Å². The summed E-state index contributed by atoms with van der Waals surface area (Å²) in [7, 11) is -3.97. The molecular formula is C21H18BrN4O3S+. The first kappa shape index (κ1) is 20.2. The summed E-state index contributed by atoms with van der Waals surface area (Å²) in [5.41, 5.74) is 7.53. The normalized spacial score (nSPS) is 11.8. The highest BCUT2D eigenvalue weighted by molar-refractivity contribution is 9.10. The molecule has 0 bridgehead atoms. The van der Waals surface area contributed by atoms with E-state index in [1.165, 1.54) is 27.2 Å². The fraction of sp³-hybridized carbons (Fsp3) is 0.0952. The second-order valence-corrected chi connectivity index (χ2v) is 9.62. The van der Waals surface area contributed by atoms with Crippen molar-refractivity contribution in [2.24, 2.45) is 0 Å². The average molecular weight is 486 g/mol. The Labute approximate surface area is 181 Å². The first-order valence-corrected chi connectivity index (χ1v) is 11.3. The summed E-state index contributed by atoms with van der Waals surface area (Å²) in [6.45, 7) is 5.77. The van der Waals surface area contributed by atoms with Crippen molar-refractivity contribution >= 4 is 48.3 Å². The molecule has 0 spiro atoms. The Hall–Kier alpha value is -3.04. The molecule has 0 atom stereocenters. The van der Waals surface area contributed by atoms with Gasteiger partial charge in [0.2, 0.25) is 21.3 Å². The SMILES string of the molecule is C=CC[n+]1c(N)c(S(=O)(=O)c2ccc(Br)cc2)cc2c(=O)n3cccc(C)c3nc21. The number of halogens is 1. The number of sulfone groups is 1. The van der Waals surface area contributed by atoms with Gasteiger partial charge >= 0.3 is 0 Å². The minimum Gasteiger partial charge on any atom is -0.317 e. The molecule has 0 unspecified atom stereocenters. The summed E-state index contributed by atoms with van der Waals surface area (Å²) in [4.78, 5) is 17.8. The van der Waals surface area contributed by atoms with Crippen molar-refractivity contribution in [1.29, 1.82) is 0 Å². The van der Waals surface area contributed by atoms with Crippen LogP contribution in [0, 0.1) is 6.92 Å². The minimum atomic E-state index is -3.97. The van der Waals surface area contributed by atoms with E-state index < -0.39 is 9.84 Å². The monoisotopic (exact) mass is 485 g/mol.